The number of rotatable bonds is 3. The lowest BCUT2D eigenvalue weighted by molar-refractivity contribution is 1.09. The van der Waals surface area contributed by atoms with Gasteiger partial charge < -0.3 is 5.73 Å². The predicted octanol–water partition coefficient (Wildman–Crippen LogP) is 1.27. The molecule has 0 aliphatic carbocycles. The second-order valence-corrected chi connectivity index (χ2v) is 3.66. The van der Waals surface area contributed by atoms with Crippen LogP contribution in [0.5, 0.6) is 0 Å². The number of thioether (sulfide) groups is 1. The lowest BCUT2D eigenvalue weighted by Gasteiger charge is -1.99. The fourth-order valence-corrected chi connectivity index (χ4v) is 1.38. The molecule has 0 fully saturated rings. The molecule has 0 bridgehead atoms. The second kappa shape index (κ2) is 5.25. The van der Waals surface area contributed by atoms with Gasteiger partial charge in [0.2, 0.25) is 0 Å². The van der Waals surface area contributed by atoms with Crippen LogP contribution in [-0.4, -0.2) is 10.2 Å². The van der Waals surface area contributed by atoms with Gasteiger partial charge in [0.25, 0.3) is 0 Å². The molecule has 0 amide bonds. The van der Waals surface area contributed by atoms with Crippen LogP contribution in [0, 0.1) is 16.7 Å². The Morgan fingerprint density at radius 2 is 2.43 bits per heavy atom. The molecule has 5 heteroatoms. The number of hydrogen-bond donors (Lipinski definition) is 2. The second-order valence-electron chi connectivity index (χ2n) is 2.65. The first-order valence-corrected chi connectivity index (χ1v) is 4.98. The van der Waals surface area contributed by atoms with Gasteiger partial charge in [0.05, 0.1) is 18.2 Å². The van der Waals surface area contributed by atoms with Crippen molar-refractivity contribution in [2.75, 3.05) is 0 Å². The Morgan fingerprint density at radius 3 is 2.93 bits per heavy atom. The minimum atomic E-state index is 0.103. The highest BCUT2D eigenvalue weighted by molar-refractivity contribution is 8.13. The molecule has 72 valence electrons. The zero-order valence-corrected chi connectivity index (χ0v) is 8.34. The molecule has 0 spiro atoms. The summed E-state index contributed by atoms with van der Waals surface area (Å²) in [4.78, 5) is 4.10. The van der Waals surface area contributed by atoms with Gasteiger partial charge in [-0.2, -0.15) is 5.26 Å². The normalized spacial score (nSPS) is 9.36. The van der Waals surface area contributed by atoms with E-state index >= 15 is 0 Å². The van der Waals surface area contributed by atoms with Crippen molar-refractivity contribution in [1.29, 1.82) is 10.7 Å². The highest BCUT2D eigenvalue weighted by atomic mass is 32.2. The molecule has 0 unspecified atom stereocenters. The van der Waals surface area contributed by atoms with E-state index in [1.165, 1.54) is 11.8 Å². The molecule has 1 heterocycles. The van der Waals surface area contributed by atoms with Gasteiger partial charge in [0, 0.05) is 11.9 Å². The third-order valence-corrected chi connectivity index (χ3v) is 2.33. The molecule has 3 N–H and O–H groups in total. The van der Waals surface area contributed by atoms with Gasteiger partial charge in [0.15, 0.2) is 5.17 Å². The lowest BCUT2D eigenvalue weighted by Crippen LogP contribution is -2.03. The Hall–Kier alpha value is -1.54. The summed E-state index contributed by atoms with van der Waals surface area (Å²) in [5.41, 5.74) is 6.97. The summed E-state index contributed by atoms with van der Waals surface area (Å²) >= 11 is 1.26. The summed E-state index contributed by atoms with van der Waals surface area (Å²) in [5, 5.41) is 15.6. The quantitative estimate of drug-likeness (QED) is 0.576. The molecule has 1 aromatic rings. The molecular weight excluding hydrogens is 196 g/mol. The molecule has 1 aromatic heterocycles. The third-order valence-electron chi connectivity index (χ3n) is 1.54. The fraction of sp³-hybridized carbons (Fsp3) is 0.222. The number of nitrogens with zero attached hydrogens (tertiary/aromatic N) is 2. The third kappa shape index (κ3) is 3.46. The van der Waals surface area contributed by atoms with E-state index in [2.05, 4.69) is 4.98 Å². The summed E-state index contributed by atoms with van der Waals surface area (Å²) in [7, 11) is 0. The summed E-state index contributed by atoms with van der Waals surface area (Å²) in [6.45, 7) is 0. The summed E-state index contributed by atoms with van der Waals surface area (Å²) in [6, 6.07) is 5.75. The SMILES string of the molecule is N#CCc1ccc(CSC(=N)N)cn1. The maximum Gasteiger partial charge on any atom is 0.151 e. The average Bonchev–Trinajstić information content (AvgIpc) is 2.17. The molecule has 0 atom stereocenters. The Bertz CT molecular complexity index is 352. The lowest BCUT2D eigenvalue weighted by atomic mass is 10.2. The van der Waals surface area contributed by atoms with Crippen molar-refractivity contribution < 1.29 is 0 Å². The van der Waals surface area contributed by atoms with Crippen LogP contribution in [0.3, 0.4) is 0 Å². The first-order valence-electron chi connectivity index (χ1n) is 4.00. The van der Waals surface area contributed by atoms with Crippen molar-refractivity contribution in [2.24, 2.45) is 5.73 Å². The number of nitrogens with two attached hydrogens (primary N) is 1. The first-order chi connectivity index (χ1) is 6.72. The first kappa shape index (κ1) is 10.5. The molecule has 0 aliphatic rings. The summed E-state index contributed by atoms with van der Waals surface area (Å²) in [6.07, 6.45) is 2.04. The molecule has 0 aromatic carbocycles. The summed E-state index contributed by atoms with van der Waals surface area (Å²) in [5.74, 6) is 0.648. The topological polar surface area (TPSA) is 86.5 Å². The number of amidine groups is 1. The van der Waals surface area contributed by atoms with Gasteiger partial charge in [-0.1, -0.05) is 17.8 Å². The Kier molecular flexibility index (Phi) is 3.95. The monoisotopic (exact) mass is 206 g/mol. The molecule has 0 aliphatic heterocycles. The molecule has 14 heavy (non-hydrogen) atoms. The molecule has 4 nitrogen and oxygen atoms in total. The molecular formula is C9H10N4S. The van der Waals surface area contributed by atoms with E-state index in [4.69, 9.17) is 16.4 Å². The van der Waals surface area contributed by atoms with E-state index in [0.717, 1.165) is 11.3 Å². The van der Waals surface area contributed by atoms with Crippen molar-refractivity contribution in [3.63, 3.8) is 0 Å². The largest absolute Gasteiger partial charge is 0.379 e. The average molecular weight is 206 g/mol. The van der Waals surface area contributed by atoms with Crippen LogP contribution in [-0.2, 0) is 12.2 Å². The molecule has 0 radical (unpaired) electrons. The standard InChI is InChI=1S/C9H10N4S/c10-4-3-8-2-1-7(5-13-8)6-14-9(11)12/h1-2,5H,3,6H2,(H3,11,12). The van der Waals surface area contributed by atoms with Crippen molar-refractivity contribution in [1.82, 2.24) is 4.98 Å². The van der Waals surface area contributed by atoms with Crippen LogP contribution >= 0.6 is 11.8 Å². The van der Waals surface area contributed by atoms with Gasteiger partial charge in [-0.05, 0) is 11.6 Å². The van der Waals surface area contributed by atoms with Gasteiger partial charge in [-0.3, -0.25) is 10.4 Å². The zero-order chi connectivity index (χ0) is 10.4. The number of pyridine rings is 1. The highest BCUT2D eigenvalue weighted by Crippen LogP contribution is 2.10. The maximum atomic E-state index is 8.43. The van der Waals surface area contributed by atoms with E-state index in [-0.39, 0.29) is 5.17 Å². The number of nitrogens with one attached hydrogen (secondary N) is 1. The minimum absolute atomic E-state index is 0.103. The van der Waals surface area contributed by atoms with Crippen LogP contribution < -0.4 is 5.73 Å². The Morgan fingerprint density at radius 1 is 1.64 bits per heavy atom. The Balaban J connectivity index is 2.56. The van der Waals surface area contributed by atoms with E-state index in [1.54, 1.807) is 6.20 Å². The number of hydrogen-bond acceptors (Lipinski definition) is 4. The maximum absolute atomic E-state index is 8.43. The van der Waals surface area contributed by atoms with E-state index in [0.29, 0.717) is 12.2 Å². The molecule has 0 saturated carbocycles. The van der Waals surface area contributed by atoms with Crippen molar-refractivity contribution in [2.45, 2.75) is 12.2 Å². The van der Waals surface area contributed by atoms with Crippen molar-refractivity contribution in [3.8, 4) is 6.07 Å². The highest BCUT2D eigenvalue weighted by Gasteiger charge is 1.97. The van der Waals surface area contributed by atoms with Crippen LogP contribution in [0.2, 0.25) is 0 Å². The van der Waals surface area contributed by atoms with Gasteiger partial charge in [-0.25, -0.2) is 0 Å². The van der Waals surface area contributed by atoms with Crippen LogP contribution in [0.15, 0.2) is 18.3 Å². The summed E-state index contributed by atoms with van der Waals surface area (Å²) < 4.78 is 0. The minimum Gasteiger partial charge on any atom is -0.379 e. The van der Waals surface area contributed by atoms with Crippen molar-refractivity contribution >= 4 is 16.9 Å². The van der Waals surface area contributed by atoms with Crippen LogP contribution in [0.1, 0.15) is 11.3 Å². The van der Waals surface area contributed by atoms with Crippen LogP contribution in [0.25, 0.3) is 0 Å². The van der Waals surface area contributed by atoms with E-state index in [9.17, 15) is 0 Å². The number of nitriles is 1. The van der Waals surface area contributed by atoms with Gasteiger partial charge in [-0.15, -0.1) is 0 Å². The van der Waals surface area contributed by atoms with Crippen LogP contribution in [0.4, 0.5) is 0 Å². The van der Waals surface area contributed by atoms with Gasteiger partial charge in [0.1, 0.15) is 0 Å². The van der Waals surface area contributed by atoms with E-state index in [1.807, 2.05) is 18.2 Å². The molecule has 0 saturated heterocycles. The fourth-order valence-electron chi connectivity index (χ4n) is 0.887. The smallest absolute Gasteiger partial charge is 0.151 e. The van der Waals surface area contributed by atoms with Gasteiger partial charge >= 0.3 is 0 Å². The zero-order valence-electron chi connectivity index (χ0n) is 7.53. The molecule has 1 rings (SSSR count). The van der Waals surface area contributed by atoms with Crippen molar-refractivity contribution in [3.05, 3.63) is 29.6 Å². The predicted molar refractivity (Wildman–Crippen MR) is 56.8 cm³/mol. The Labute approximate surface area is 86.7 Å². The number of aromatic nitrogens is 1. The van der Waals surface area contributed by atoms with E-state index < -0.39 is 0 Å².